The maximum atomic E-state index is 11.7. The quantitative estimate of drug-likeness (QED) is 0.442. The van der Waals surface area contributed by atoms with Gasteiger partial charge in [0.05, 0.1) is 0 Å². The summed E-state index contributed by atoms with van der Waals surface area (Å²) in [5.74, 6) is 0. The van der Waals surface area contributed by atoms with Crippen LogP contribution in [0.5, 0.6) is 0 Å². The molecule has 0 bridgehead atoms. The zero-order valence-electron chi connectivity index (χ0n) is 5.04. The van der Waals surface area contributed by atoms with Crippen molar-refractivity contribution in [3.8, 4) is 0 Å². The molecule has 0 amide bonds. The number of rotatable bonds is 1. The van der Waals surface area contributed by atoms with Gasteiger partial charge in [0.25, 0.3) is 0 Å². The molecule has 0 saturated carbocycles. The predicted octanol–water partition coefficient (Wildman–Crippen LogP) is 3.30. The molecule has 0 nitrogen and oxygen atoms in total. The van der Waals surface area contributed by atoms with Gasteiger partial charge in [-0.25, -0.2) is 0 Å². The van der Waals surface area contributed by atoms with E-state index in [9.17, 15) is 13.2 Å². The lowest BCUT2D eigenvalue weighted by Crippen LogP contribution is -2.31. The summed E-state index contributed by atoms with van der Waals surface area (Å²) in [4.78, 5) is 0. The Hall–Kier alpha value is 0.110. The minimum Gasteiger partial charge on any atom is -0.167 e. The van der Waals surface area contributed by atoms with Crippen molar-refractivity contribution < 1.29 is 13.2 Å². The number of allylic oxidation sites excluding steroid dienone is 2. The average molecular weight is 193 g/mol. The van der Waals surface area contributed by atoms with E-state index < -0.39 is 10.5 Å². The van der Waals surface area contributed by atoms with Gasteiger partial charge in [-0.15, -0.1) is 0 Å². The standard InChI is InChI=1S/C5H5Cl2F3/c1-2-3-4(6,7)5(8,9)10/h2-3H,1H3. The van der Waals surface area contributed by atoms with Crippen LogP contribution < -0.4 is 0 Å². The molecule has 0 fully saturated rings. The first-order chi connectivity index (χ1) is 4.31. The highest BCUT2D eigenvalue weighted by atomic mass is 35.5. The molecule has 0 spiro atoms. The molecule has 10 heavy (non-hydrogen) atoms. The topological polar surface area (TPSA) is 0 Å². The summed E-state index contributed by atoms with van der Waals surface area (Å²) in [6.45, 7) is 1.41. The van der Waals surface area contributed by atoms with Crippen LogP contribution in [0.4, 0.5) is 13.2 Å². The van der Waals surface area contributed by atoms with Crippen molar-refractivity contribution in [3.63, 3.8) is 0 Å². The molecule has 0 aliphatic carbocycles. The molecule has 0 aromatic heterocycles. The second-order valence-corrected chi connectivity index (χ2v) is 3.01. The van der Waals surface area contributed by atoms with Gasteiger partial charge in [-0.3, -0.25) is 0 Å². The van der Waals surface area contributed by atoms with E-state index in [1.807, 2.05) is 0 Å². The van der Waals surface area contributed by atoms with Crippen LogP contribution in [0.2, 0.25) is 0 Å². The fourth-order valence-electron chi connectivity index (χ4n) is 0.304. The first kappa shape index (κ1) is 10.1. The van der Waals surface area contributed by atoms with Crippen LogP contribution in [0.25, 0.3) is 0 Å². The van der Waals surface area contributed by atoms with Gasteiger partial charge < -0.3 is 0 Å². The molecular formula is C5H5Cl2F3. The molecule has 0 aliphatic rings. The normalized spacial score (nSPS) is 14.6. The smallest absolute Gasteiger partial charge is 0.167 e. The van der Waals surface area contributed by atoms with Gasteiger partial charge in [-0.2, -0.15) is 13.2 Å². The van der Waals surface area contributed by atoms with Crippen LogP contribution in [0.3, 0.4) is 0 Å². The van der Waals surface area contributed by atoms with Gasteiger partial charge >= 0.3 is 6.18 Å². The number of alkyl halides is 5. The van der Waals surface area contributed by atoms with E-state index in [0.717, 1.165) is 6.08 Å². The Bertz CT molecular complexity index is 136. The van der Waals surface area contributed by atoms with Gasteiger partial charge in [0.2, 0.25) is 4.33 Å². The Morgan fingerprint density at radius 1 is 1.20 bits per heavy atom. The summed E-state index contributed by atoms with van der Waals surface area (Å²) >= 11 is 9.73. The molecule has 0 heterocycles. The molecule has 0 aromatic rings. The lowest BCUT2D eigenvalue weighted by atomic mass is 10.3. The van der Waals surface area contributed by atoms with Crippen molar-refractivity contribution in [1.82, 2.24) is 0 Å². The molecule has 0 atom stereocenters. The highest BCUT2D eigenvalue weighted by Gasteiger charge is 2.50. The van der Waals surface area contributed by atoms with Crippen LogP contribution in [0.1, 0.15) is 6.92 Å². The van der Waals surface area contributed by atoms with Gasteiger partial charge in [0, 0.05) is 0 Å². The number of hydrogen-bond acceptors (Lipinski definition) is 0. The molecule has 0 unspecified atom stereocenters. The predicted molar refractivity (Wildman–Crippen MR) is 35.3 cm³/mol. The summed E-state index contributed by atoms with van der Waals surface area (Å²) in [6, 6.07) is 0. The van der Waals surface area contributed by atoms with Gasteiger partial charge in [0.15, 0.2) is 0 Å². The van der Waals surface area contributed by atoms with Crippen molar-refractivity contribution in [2.45, 2.75) is 17.4 Å². The van der Waals surface area contributed by atoms with Crippen LogP contribution in [0.15, 0.2) is 12.2 Å². The molecule has 0 radical (unpaired) electrons. The average Bonchev–Trinajstić information content (AvgIpc) is 1.61. The van der Waals surface area contributed by atoms with Crippen LogP contribution in [-0.2, 0) is 0 Å². The van der Waals surface area contributed by atoms with Crippen molar-refractivity contribution in [2.75, 3.05) is 0 Å². The Morgan fingerprint density at radius 3 is 1.70 bits per heavy atom. The number of halogens is 5. The lowest BCUT2D eigenvalue weighted by Gasteiger charge is -2.18. The summed E-state index contributed by atoms with van der Waals surface area (Å²) in [6.07, 6.45) is -2.79. The minimum absolute atomic E-state index is 0.677. The largest absolute Gasteiger partial charge is 0.425 e. The van der Waals surface area contributed by atoms with E-state index in [1.165, 1.54) is 6.92 Å². The van der Waals surface area contributed by atoms with Gasteiger partial charge in [-0.05, 0) is 13.0 Å². The molecule has 0 N–H and O–H groups in total. The summed E-state index contributed by atoms with van der Waals surface area (Å²) in [5, 5.41) is 0. The Morgan fingerprint density at radius 2 is 1.60 bits per heavy atom. The first-order valence-electron chi connectivity index (χ1n) is 2.39. The third-order valence-electron chi connectivity index (χ3n) is 0.754. The van der Waals surface area contributed by atoms with Crippen LogP contribution >= 0.6 is 23.2 Å². The van der Waals surface area contributed by atoms with E-state index in [-0.39, 0.29) is 0 Å². The SMILES string of the molecule is CC=CC(Cl)(Cl)C(F)(F)F. The Balaban J connectivity index is 4.40. The zero-order valence-corrected chi connectivity index (χ0v) is 6.56. The molecule has 0 aliphatic heterocycles. The van der Waals surface area contributed by atoms with Crippen molar-refractivity contribution in [2.24, 2.45) is 0 Å². The van der Waals surface area contributed by atoms with Crippen LogP contribution in [0, 0.1) is 0 Å². The maximum absolute atomic E-state index is 11.7. The summed E-state index contributed by atoms with van der Waals surface area (Å²) in [7, 11) is 0. The maximum Gasteiger partial charge on any atom is 0.425 e. The highest BCUT2D eigenvalue weighted by Crippen LogP contribution is 2.40. The number of hydrogen-bond donors (Lipinski definition) is 0. The zero-order chi connectivity index (χ0) is 8.41. The molecular weight excluding hydrogens is 188 g/mol. The van der Waals surface area contributed by atoms with E-state index in [1.54, 1.807) is 0 Å². The van der Waals surface area contributed by atoms with Crippen molar-refractivity contribution in [3.05, 3.63) is 12.2 Å². The monoisotopic (exact) mass is 192 g/mol. The van der Waals surface area contributed by atoms with Gasteiger partial charge in [0.1, 0.15) is 0 Å². The molecule has 0 rings (SSSR count). The van der Waals surface area contributed by atoms with Gasteiger partial charge in [-0.1, -0.05) is 29.3 Å². The van der Waals surface area contributed by atoms with Crippen molar-refractivity contribution in [1.29, 1.82) is 0 Å². The molecule has 0 saturated heterocycles. The summed E-state index contributed by atoms with van der Waals surface area (Å²) in [5.41, 5.74) is 0. The van der Waals surface area contributed by atoms with E-state index in [0.29, 0.717) is 6.08 Å². The summed E-state index contributed by atoms with van der Waals surface area (Å²) < 4.78 is 32.4. The van der Waals surface area contributed by atoms with Crippen molar-refractivity contribution >= 4 is 23.2 Å². The van der Waals surface area contributed by atoms with E-state index >= 15 is 0 Å². The molecule has 5 heteroatoms. The van der Waals surface area contributed by atoms with E-state index in [4.69, 9.17) is 23.2 Å². The Labute approximate surface area is 66.6 Å². The first-order valence-corrected chi connectivity index (χ1v) is 3.15. The molecule has 0 aromatic carbocycles. The Kier molecular flexibility index (Phi) is 3.04. The fourth-order valence-corrected chi connectivity index (χ4v) is 0.556. The third kappa shape index (κ3) is 2.39. The molecule has 60 valence electrons. The second kappa shape index (κ2) is 3.01. The second-order valence-electron chi connectivity index (χ2n) is 1.62. The van der Waals surface area contributed by atoms with E-state index in [2.05, 4.69) is 0 Å². The third-order valence-corrected chi connectivity index (χ3v) is 1.43. The fraction of sp³-hybridized carbons (Fsp3) is 0.600. The lowest BCUT2D eigenvalue weighted by molar-refractivity contribution is -0.131. The minimum atomic E-state index is -4.61. The van der Waals surface area contributed by atoms with Crippen LogP contribution in [-0.4, -0.2) is 10.5 Å². The highest BCUT2D eigenvalue weighted by molar-refractivity contribution is 6.50.